The van der Waals surface area contributed by atoms with E-state index in [9.17, 15) is 4.39 Å². The Bertz CT molecular complexity index is 874. The Balaban J connectivity index is 1.53. The van der Waals surface area contributed by atoms with Gasteiger partial charge in [0.05, 0.1) is 11.3 Å². The summed E-state index contributed by atoms with van der Waals surface area (Å²) >= 11 is 1.47. The smallest absolute Gasteiger partial charge is 0.240 e. The molecule has 1 atom stereocenters. The van der Waals surface area contributed by atoms with Crippen molar-refractivity contribution in [2.75, 3.05) is 0 Å². The Morgan fingerprint density at radius 1 is 1.38 bits per heavy atom. The number of aromatic nitrogens is 6. The summed E-state index contributed by atoms with van der Waals surface area (Å²) in [5.41, 5.74) is 1.17. The Morgan fingerprint density at radius 2 is 2.21 bits per heavy atom. The summed E-state index contributed by atoms with van der Waals surface area (Å²) in [6.45, 7) is 3.66. The van der Waals surface area contributed by atoms with E-state index >= 15 is 0 Å². The van der Waals surface area contributed by atoms with E-state index in [2.05, 4.69) is 25.7 Å². The molecule has 2 aromatic heterocycles. The molecule has 1 aliphatic carbocycles. The van der Waals surface area contributed by atoms with E-state index in [0.717, 1.165) is 18.0 Å². The highest BCUT2D eigenvalue weighted by atomic mass is 32.2. The highest BCUT2D eigenvalue weighted by Crippen LogP contribution is 2.40. The predicted molar refractivity (Wildman–Crippen MR) is 84.8 cm³/mol. The zero-order chi connectivity index (χ0) is 16.7. The number of thioether (sulfide) groups is 1. The summed E-state index contributed by atoms with van der Waals surface area (Å²) in [6.07, 6.45) is 2.22. The molecule has 3 aromatic rings. The van der Waals surface area contributed by atoms with Gasteiger partial charge in [-0.25, -0.2) is 9.07 Å². The number of rotatable bonds is 5. The second-order valence-corrected chi connectivity index (χ2v) is 7.13. The van der Waals surface area contributed by atoms with E-state index in [1.807, 2.05) is 11.6 Å². The van der Waals surface area contributed by atoms with Crippen LogP contribution in [0, 0.1) is 12.7 Å². The molecular formula is C15H15FN6OS. The molecule has 9 heteroatoms. The fraction of sp³-hybridized carbons (Fsp3) is 0.400. The average molecular weight is 346 g/mol. The first kappa shape index (κ1) is 15.3. The van der Waals surface area contributed by atoms with Crippen LogP contribution in [-0.4, -0.2) is 30.3 Å². The minimum Gasteiger partial charge on any atom is -0.338 e. The second-order valence-electron chi connectivity index (χ2n) is 5.82. The summed E-state index contributed by atoms with van der Waals surface area (Å²) in [5.74, 6) is 0.546. The van der Waals surface area contributed by atoms with Gasteiger partial charge in [0.15, 0.2) is 0 Å². The Labute approximate surface area is 141 Å². The molecule has 1 saturated carbocycles. The number of halogens is 1. The molecule has 0 saturated heterocycles. The fourth-order valence-corrected chi connectivity index (χ4v) is 3.16. The molecule has 24 heavy (non-hydrogen) atoms. The molecule has 7 nitrogen and oxygen atoms in total. The van der Waals surface area contributed by atoms with E-state index in [1.54, 1.807) is 19.1 Å². The van der Waals surface area contributed by atoms with Crippen LogP contribution >= 0.6 is 11.8 Å². The third-order valence-electron chi connectivity index (χ3n) is 3.86. The van der Waals surface area contributed by atoms with E-state index in [4.69, 9.17) is 4.52 Å². The van der Waals surface area contributed by atoms with Gasteiger partial charge in [-0.2, -0.15) is 4.98 Å². The van der Waals surface area contributed by atoms with Crippen molar-refractivity contribution >= 4 is 11.8 Å². The SMILES string of the molecule is Cc1ccc(-c2noc(C(C)Sc3nnnn3C3CC3)n2)cc1F. The third-order valence-corrected chi connectivity index (χ3v) is 4.89. The van der Waals surface area contributed by atoms with Crippen LogP contribution in [0.2, 0.25) is 0 Å². The Hall–Kier alpha value is -2.29. The zero-order valence-electron chi connectivity index (χ0n) is 13.2. The predicted octanol–water partition coefficient (Wildman–Crippen LogP) is 3.36. The third kappa shape index (κ3) is 2.91. The molecule has 124 valence electrons. The van der Waals surface area contributed by atoms with Crippen molar-refractivity contribution in [3.63, 3.8) is 0 Å². The summed E-state index contributed by atoms with van der Waals surface area (Å²) in [5, 5.41) is 16.4. The second kappa shape index (κ2) is 5.97. The number of benzene rings is 1. The maximum absolute atomic E-state index is 13.7. The lowest BCUT2D eigenvalue weighted by molar-refractivity contribution is 0.380. The zero-order valence-corrected chi connectivity index (χ0v) is 14.0. The summed E-state index contributed by atoms with van der Waals surface area (Å²) in [6, 6.07) is 5.29. The number of hydrogen-bond donors (Lipinski definition) is 0. The lowest BCUT2D eigenvalue weighted by Crippen LogP contribution is -2.00. The molecular weight excluding hydrogens is 331 g/mol. The van der Waals surface area contributed by atoms with E-state index in [-0.39, 0.29) is 11.1 Å². The maximum Gasteiger partial charge on any atom is 0.240 e. The number of nitrogens with zero attached hydrogens (tertiary/aromatic N) is 6. The molecule has 0 radical (unpaired) electrons. The van der Waals surface area contributed by atoms with Gasteiger partial charge < -0.3 is 4.52 Å². The molecule has 1 unspecified atom stereocenters. The number of hydrogen-bond acceptors (Lipinski definition) is 7. The first-order valence-electron chi connectivity index (χ1n) is 7.66. The molecule has 1 aromatic carbocycles. The monoisotopic (exact) mass is 346 g/mol. The largest absolute Gasteiger partial charge is 0.338 e. The first-order valence-corrected chi connectivity index (χ1v) is 8.54. The van der Waals surface area contributed by atoms with Crippen LogP contribution in [0.1, 0.15) is 42.5 Å². The van der Waals surface area contributed by atoms with Gasteiger partial charge in [0, 0.05) is 5.56 Å². The van der Waals surface area contributed by atoms with Crippen molar-refractivity contribution in [3.05, 3.63) is 35.5 Å². The van der Waals surface area contributed by atoms with Crippen molar-refractivity contribution in [3.8, 4) is 11.4 Å². The van der Waals surface area contributed by atoms with Gasteiger partial charge in [-0.05, 0) is 48.7 Å². The van der Waals surface area contributed by atoms with Crippen LogP contribution in [0.4, 0.5) is 4.39 Å². The van der Waals surface area contributed by atoms with Crippen molar-refractivity contribution in [2.24, 2.45) is 0 Å². The van der Waals surface area contributed by atoms with Crippen molar-refractivity contribution < 1.29 is 8.91 Å². The van der Waals surface area contributed by atoms with Crippen LogP contribution < -0.4 is 0 Å². The van der Waals surface area contributed by atoms with Gasteiger partial charge in [-0.15, -0.1) is 5.10 Å². The summed E-state index contributed by atoms with van der Waals surface area (Å²) in [7, 11) is 0. The summed E-state index contributed by atoms with van der Waals surface area (Å²) < 4.78 is 20.9. The molecule has 1 fully saturated rings. The van der Waals surface area contributed by atoms with Gasteiger partial charge in [0.2, 0.25) is 16.9 Å². The summed E-state index contributed by atoms with van der Waals surface area (Å²) in [4.78, 5) is 4.38. The van der Waals surface area contributed by atoms with Crippen LogP contribution in [0.3, 0.4) is 0 Å². The average Bonchev–Trinajstić information content (AvgIpc) is 3.10. The molecule has 0 aliphatic heterocycles. The van der Waals surface area contributed by atoms with Gasteiger partial charge in [-0.1, -0.05) is 29.1 Å². The van der Waals surface area contributed by atoms with Crippen molar-refractivity contribution in [1.29, 1.82) is 0 Å². The van der Waals surface area contributed by atoms with Crippen molar-refractivity contribution in [1.82, 2.24) is 30.3 Å². The van der Waals surface area contributed by atoms with Gasteiger partial charge >= 0.3 is 0 Å². The maximum atomic E-state index is 13.7. The van der Waals surface area contributed by atoms with E-state index < -0.39 is 0 Å². The molecule has 0 spiro atoms. The van der Waals surface area contributed by atoms with E-state index in [1.165, 1.54) is 17.8 Å². The molecule has 2 heterocycles. The number of aryl methyl sites for hydroxylation is 1. The minimum absolute atomic E-state index is 0.106. The quantitative estimate of drug-likeness (QED) is 0.655. The Kier molecular flexibility index (Phi) is 3.79. The molecule has 0 bridgehead atoms. The lowest BCUT2D eigenvalue weighted by Gasteiger charge is -2.05. The number of tetrazole rings is 1. The van der Waals surface area contributed by atoms with Gasteiger partial charge in [0.25, 0.3) is 0 Å². The topological polar surface area (TPSA) is 82.5 Å². The van der Waals surface area contributed by atoms with Crippen LogP contribution in [0.25, 0.3) is 11.4 Å². The fourth-order valence-electron chi connectivity index (χ4n) is 2.27. The molecule has 1 aliphatic rings. The Morgan fingerprint density at radius 3 is 2.96 bits per heavy atom. The highest BCUT2D eigenvalue weighted by Gasteiger charge is 2.29. The normalized spacial score (nSPS) is 15.6. The van der Waals surface area contributed by atoms with Crippen molar-refractivity contribution in [2.45, 2.75) is 43.1 Å². The van der Waals surface area contributed by atoms with Gasteiger partial charge in [0.1, 0.15) is 5.82 Å². The lowest BCUT2D eigenvalue weighted by atomic mass is 10.1. The van der Waals surface area contributed by atoms with E-state index in [0.29, 0.717) is 28.9 Å². The highest BCUT2D eigenvalue weighted by molar-refractivity contribution is 7.99. The van der Waals surface area contributed by atoms with Crippen LogP contribution in [0.5, 0.6) is 0 Å². The minimum atomic E-state index is -0.287. The van der Waals surface area contributed by atoms with Crippen LogP contribution in [0.15, 0.2) is 27.9 Å². The van der Waals surface area contributed by atoms with Crippen LogP contribution in [-0.2, 0) is 0 Å². The molecule has 4 rings (SSSR count). The van der Waals surface area contributed by atoms with Gasteiger partial charge in [-0.3, -0.25) is 0 Å². The first-order chi connectivity index (χ1) is 11.6. The standard InChI is InChI=1S/C15H15FN6OS/c1-8-3-4-10(7-12(8)16)13-17-14(23-19-13)9(2)24-15-18-20-21-22(15)11-5-6-11/h3-4,7,9,11H,5-6H2,1-2H3. The molecule has 0 amide bonds. The molecule has 0 N–H and O–H groups in total.